The molecule has 7 heteroatoms. The van der Waals surface area contributed by atoms with E-state index >= 15 is 0 Å². The molecule has 1 N–H and O–H groups in total. The Hall–Kier alpha value is -3.22. The van der Waals surface area contributed by atoms with E-state index in [1.165, 1.54) is 29.2 Å². The standard InChI is InChI=1S/C22H23FN2O4/c1-29-18-11-7-15(8-12-18)19(26)3-2-4-20(27)25-14-13-24-22(28)21(25)16-5-9-17(23)10-6-16/h5-12,21H,2-4,13-14H2,1H3,(H,24,28). The summed E-state index contributed by atoms with van der Waals surface area (Å²) in [5.74, 6) is -0.263. The van der Waals surface area contributed by atoms with Gasteiger partial charge in [-0.1, -0.05) is 12.1 Å². The lowest BCUT2D eigenvalue weighted by atomic mass is 10.0. The van der Waals surface area contributed by atoms with Crippen molar-refractivity contribution in [3.05, 3.63) is 65.5 Å². The van der Waals surface area contributed by atoms with E-state index in [1.54, 1.807) is 31.4 Å². The predicted octanol–water partition coefficient (Wildman–Crippen LogP) is 2.89. The molecule has 1 unspecified atom stereocenters. The number of ether oxygens (including phenoxy) is 1. The summed E-state index contributed by atoms with van der Waals surface area (Å²) < 4.78 is 18.3. The first-order valence-electron chi connectivity index (χ1n) is 9.49. The highest BCUT2D eigenvalue weighted by Gasteiger charge is 2.34. The third-order valence-electron chi connectivity index (χ3n) is 4.92. The fraction of sp³-hybridized carbons (Fsp3) is 0.318. The van der Waals surface area contributed by atoms with Crippen molar-refractivity contribution < 1.29 is 23.5 Å². The van der Waals surface area contributed by atoms with E-state index in [2.05, 4.69) is 5.32 Å². The molecule has 0 bridgehead atoms. The van der Waals surface area contributed by atoms with Gasteiger partial charge in [0.05, 0.1) is 7.11 Å². The van der Waals surface area contributed by atoms with Crippen molar-refractivity contribution in [3.8, 4) is 5.75 Å². The van der Waals surface area contributed by atoms with Crippen LogP contribution in [-0.4, -0.2) is 42.7 Å². The number of carbonyl (C=O) groups excluding carboxylic acids is 3. The lowest BCUT2D eigenvalue weighted by molar-refractivity contribution is -0.143. The number of methoxy groups -OCH3 is 1. The molecule has 0 aromatic heterocycles. The molecule has 3 rings (SSSR count). The maximum Gasteiger partial charge on any atom is 0.247 e. The number of halogens is 1. The average molecular weight is 398 g/mol. The van der Waals surface area contributed by atoms with Gasteiger partial charge >= 0.3 is 0 Å². The molecule has 152 valence electrons. The summed E-state index contributed by atoms with van der Waals surface area (Å²) in [7, 11) is 1.56. The summed E-state index contributed by atoms with van der Waals surface area (Å²) in [6.45, 7) is 0.742. The summed E-state index contributed by atoms with van der Waals surface area (Å²) >= 11 is 0. The van der Waals surface area contributed by atoms with Crippen LogP contribution in [0.15, 0.2) is 48.5 Å². The van der Waals surface area contributed by atoms with E-state index in [9.17, 15) is 18.8 Å². The van der Waals surface area contributed by atoms with E-state index < -0.39 is 11.9 Å². The van der Waals surface area contributed by atoms with Crippen LogP contribution < -0.4 is 10.1 Å². The van der Waals surface area contributed by atoms with Crippen molar-refractivity contribution >= 4 is 17.6 Å². The molecule has 1 atom stereocenters. The summed E-state index contributed by atoms with van der Waals surface area (Å²) in [5, 5.41) is 2.74. The molecule has 2 amide bonds. The maximum atomic E-state index is 13.2. The van der Waals surface area contributed by atoms with Crippen LogP contribution in [0.25, 0.3) is 0 Å². The van der Waals surface area contributed by atoms with Crippen LogP contribution in [-0.2, 0) is 9.59 Å². The molecule has 1 saturated heterocycles. The molecule has 1 heterocycles. The molecular formula is C22H23FN2O4. The van der Waals surface area contributed by atoms with Gasteiger partial charge in [-0.2, -0.15) is 0 Å². The molecule has 6 nitrogen and oxygen atoms in total. The lowest BCUT2D eigenvalue weighted by Gasteiger charge is -2.35. The molecule has 29 heavy (non-hydrogen) atoms. The van der Waals surface area contributed by atoms with Crippen LogP contribution in [0.1, 0.15) is 41.2 Å². The fourth-order valence-electron chi connectivity index (χ4n) is 3.38. The average Bonchev–Trinajstić information content (AvgIpc) is 2.74. The highest BCUT2D eigenvalue weighted by Crippen LogP contribution is 2.25. The largest absolute Gasteiger partial charge is 0.497 e. The summed E-state index contributed by atoms with van der Waals surface area (Å²) in [6, 6.07) is 11.6. The number of amides is 2. The third kappa shape index (κ3) is 4.99. The Morgan fingerprint density at radius 2 is 1.79 bits per heavy atom. The SMILES string of the molecule is COc1ccc(C(=O)CCCC(=O)N2CCNC(=O)C2c2ccc(F)cc2)cc1. The molecule has 2 aromatic carbocycles. The van der Waals surface area contributed by atoms with Crippen LogP contribution >= 0.6 is 0 Å². The second-order valence-corrected chi connectivity index (χ2v) is 6.84. The van der Waals surface area contributed by atoms with Gasteiger partial charge in [0.1, 0.15) is 17.6 Å². The molecule has 1 aliphatic heterocycles. The normalized spacial score (nSPS) is 16.3. The van der Waals surface area contributed by atoms with Gasteiger partial charge in [-0.3, -0.25) is 14.4 Å². The van der Waals surface area contributed by atoms with E-state index in [1.807, 2.05) is 0 Å². The monoisotopic (exact) mass is 398 g/mol. The Morgan fingerprint density at radius 3 is 2.45 bits per heavy atom. The predicted molar refractivity (Wildman–Crippen MR) is 105 cm³/mol. The molecule has 1 fully saturated rings. The third-order valence-corrected chi connectivity index (χ3v) is 4.92. The van der Waals surface area contributed by atoms with Crippen molar-refractivity contribution in [2.24, 2.45) is 0 Å². The van der Waals surface area contributed by atoms with Crippen molar-refractivity contribution in [2.75, 3.05) is 20.2 Å². The zero-order valence-electron chi connectivity index (χ0n) is 16.2. The molecule has 0 radical (unpaired) electrons. The Balaban J connectivity index is 1.60. The van der Waals surface area contributed by atoms with Crippen LogP contribution in [0.4, 0.5) is 4.39 Å². The summed E-state index contributed by atoms with van der Waals surface area (Å²) in [6.07, 6.45) is 0.782. The van der Waals surface area contributed by atoms with E-state index in [0.29, 0.717) is 36.4 Å². The molecule has 0 aliphatic carbocycles. The minimum Gasteiger partial charge on any atom is -0.497 e. The smallest absolute Gasteiger partial charge is 0.247 e. The van der Waals surface area contributed by atoms with Gasteiger partial charge in [-0.05, 0) is 48.4 Å². The van der Waals surface area contributed by atoms with Crippen molar-refractivity contribution in [3.63, 3.8) is 0 Å². The van der Waals surface area contributed by atoms with Gasteiger partial charge in [-0.25, -0.2) is 4.39 Å². The zero-order valence-corrected chi connectivity index (χ0v) is 16.2. The lowest BCUT2D eigenvalue weighted by Crippen LogP contribution is -2.52. The van der Waals surface area contributed by atoms with Crippen LogP contribution in [0.5, 0.6) is 5.75 Å². The Bertz CT molecular complexity index is 881. The van der Waals surface area contributed by atoms with Gasteiger partial charge in [0.15, 0.2) is 5.78 Å². The van der Waals surface area contributed by atoms with E-state index in [4.69, 9.17) is 4.74 Å². The van der Waals surface area contributed by atoms with Gasteiger partial charge in [0.2, 0.25) is 11.8 Å². The molecule has 0 saturated carbocycles. The maximum absolute atomic E-state index is 13.2. The van der Waals surface area contributed by atoms with Crippen LogP contribution in [0, 0.1) is 5.82 Å². The molecular weight excluding hydrogens is 375 g/mol. The van der Waals surface area contributed by atoms with Crippen molar-refractivity contribution in [2.45, 2.75) is 25.3 Å². The first kappa shape index (κ1) is 20.5. The Morgan fingerprint density at radius 1 is 1.10 bits per heavy atom. The number of hydrogen-bond donors (Lipinski definition) is 1. The molecule has 2 aromatic rings. The number of nitrogens with one attached hydrogen (secondary N) is 1. The number of ketones is 1. The van der Waals surface area contributed by atoms with E-state index in [0.717, 1.165) is 0 Å². The summed E-state index contributed by atoms with van der Waals surface area (Å²) in [5.41, 5.74) is 1.13. The number of benzene rings is 2. The second-order valence-electron chi connectivity index (χ2n) is 6.84. The quantitative estimate of drug-likeness (QED) is 0.728. The number of nitrogens with zero attached hydrogens (tertiary/aromatic N) is 1. The molecule has 1 aliphatic rings. The van der Waals surface area contributed by atoms with Gasteiger partial charge < -0.3 is 15.0 Å². The Kier molecular flexibility index (Phi) is 6.59. The van der Waals surface area contributed by atoms with Gasteiger partial charge in [-0.15, -0.1) is 0 Å². The highest BCUT2D eigenvalue weighted by atomic mass is 19.1. The number of Topliss-reactive ketones (excluding diaryl/α,β-unsaturated/α-hetero) is 1. The second kappa shape index (κ2) is 9.32. The number of carbonyl (C=O) groups is 3. The minimum atomic E-state index is -0.783. The van der Waals surface area contributed by atoms with Crippen molar-refractivity contribution in [1.82, 2.24) is 10.2 Å². The number of hydrogen-bond acceptors (Lipinski definition) is 4. The first-order chi connectivity index (χ1) is 14.0. The first-order valence-corrected chi connectivity index (χ1v) is 9.49. The van der Waals surface area contributed by atoms with E-state index in [-0.39, 0.29) is 30.4 Å². The van der Waals surface area contributed by atoms with Crippen LogP contribution in [0.3, 0.4) is 0 Å². The number of piperazine rings is 1. The topological polar surface area (TPSA) is 75.7 Å². The molecule has 0 spiro atoms. The Labute approximate surface area is 168 Å². The zero-order chi connectivity index (χ0) is 20.8. The van der Waals surface area contributed by atoms with Gasteiger partial charge in [0, 0.05) is 31.5 Å². The minimum absolute atomic E-state index is 0.0491. The number of rotatable bonds is 7. The highest BCUT2D eigenvalue weighted by molar-refractivity contribution is 5.96. The van der Waals surface area contributed by atoms with Gasteiger partial charge in [0.25, 0.3) is 0 Å². The van der Waals surface area contributed by atoms with Crippen LogP contribution in [0.2, 0.25) is 0 Å². The fourth-order valence-corrected chi connectivity index (χ4v) is 3.38. The summed E-state index contributed by atoms with van der Waals surface area (Å²) in [4.78, 5) is 38.9. The van der Waals surface area contributed by atoms with Crippen molar-refractivity contribution in [1.29, 1.82) is 0 Å².